The maximum absolute atomic E-state index is 13.5. The number of nitrogens with zero attached hydrogens (tertiary/aromatic N) is 1. The molecule has 5 heteroatoms. The first-order valence-corrected chi connectivity index (χ1v) is 8.33. The van der Waals surface area contributed by atoms with Crippen LogP contribution in [-0.4, -0.2) is 38.7 Å². The zero-order valence-corrected chi connectivity index (χ0v) is 12.0. The van der Waals surface area contributed by atoms with Crippen LogP contribution in [0.2, 0.25) is 0 Å². The average Bonchev–Trinajstić information content (AvgIpc) is 2.38. The lowest BCUT2D eigenvalue weighted by Gasteiger charge is -2.32. The largest absolute Gasteiger partial charge is 0.303 e. The minimum atomic E-state index is -3.52. The molecule has 0 N–H and O–H groups in total. The molecule has 0 aromatic heterocycles. The van der Waals surface area contributed by atoms with Gasteiger partial charge in [-0.2, -0.15) is 0 Å². The highest BCUT2D eigenvalue weighted by Gasteiger charge is 2.24. The normalized spacial score (nSPS) is 21.5. The molecule has 0 aliphatic carbocycles. The number of hydrogen-bond acceptors (Lipinski definition) is 3. The van der Waals surface area contributed by atoms with Gasteiger partial charge in [-0.05, 0) is 45.0 Å². The molecule has 19 heavy (non-hydrogen) atoms. The van der Waals surface area contributed by atoms with Crippen molar-refractivity contribution in [2.24, 2.45) is 0 Å². The first-order chi connectivity index (χ1) is 9.00. The summed E-state index contributed by atoms with van der Waals surface area (Å²) in [4.78, 5) is 2.04. The summed E-state index contributed by atoms with van der Waals surface area (Å²) in [5.41, 5.74) is 0. The molecule has 0 bridgehead atoms. The molecule has 0 amide bonds. The Kier molecular flexibility index (Phi) is 4.58. The number of rotatable bonds is 4. The fourth-order valence-electron chi connectivity index (χ4n) is 2.61. The Hall–Kier alpha value is -0.940. The molecule has 1 aromatic carbocycles. The van der Waals surface area contributed by atoms with E-state index in [0.717, 1.165) is 19.4 Å². The summed E-state index contributed by atoms with van der Waals surface area (Å²) >= 11 is 0. The Morgan fingerprint density at radius 2 is 2.05 bits per heavy atom. The first-order valence-electron chi connectivity index (χ1n) is 6.68. The summed E-state index contributed by atoms with van der Waals surface area (Å²) in [5.74, 6) is -0.636. The van der Waals surface area contributed by atoms with Gasteiger partial charge in [0.15, 0.2) is 9.84 Å². The van der Waals surface area contributed by atoms with Crippen LogP contribution in [0.25, 0.3) is 0 Å². The summed E-state index contributed by atoms with van der Waals surface area (Å²) < 4.78 is 37.8. The molecular formula is C14H20FNO2S. The fourth-order valence-corrected chi connectivity index (χ4v) is 4.06. The van der Waals surface area contributed by atoms with Gasteiger partial charge in [-0.25, -0.2) is 12.8 Å². The number of halogens is 1. The molecule has 1 aromatic rings. The topological polar surface area (TPSA) is 37.4 Å². The molecule has 106 valence electrons. The van der Waals surface area contributed by atoms with E-state index in [1.54, 1.807) is 6.07 Å². The van der Waals surface area contributed by atoms with Crippen LogP contribution >= 0.6 is 0 Å². The van der Waals surface area contributed by atoms with Crippen LogP contribution in [0.4, 0.5) is 4.39 Å². The standard InChI is InChI=1S/C14H20FNO2S/c1-16-10-5-4-6-12(16)9-11-19(17,18)14-8-3-2-7-13(14)15/h2-3,7-8,12H,4-6,9-11H2,1H3. The molecule has 0 radical (unpaired) electrons. The van der Waals surface area contributed by atoms with Gasteiger partial charge in [0, 0.05) is 6.04 Å². The fraction of sp³-hybridized carbons (Fsp3) is 0.571. The number of piperidine rings is 1. The van der Waals surface area contributed by atoms with Crippen LogP contribution in [0.3, 0.4) is 0 Å². The predicted octanol–water partition coefficient (Wildman–Crippen LogP) is 2.47. The molecule has 1 aliphatic heterocycles. The Labute approximate surface area is 114 Å². The molecule has 3 nitrogen and oxygen atoms in total. The number of likely N-dealkylation sites (tertiary alicyclic amines) is 1. The van der Waals surface area contributed by atoms with Gasteiger partial charge >= 0.3 is 0 Å². The summed E-state index contributed by atoms with van der Waals surface area (Å²) in [6, 6.07) is 5.90. The van der Waals surface area contributed by atoms with E-state index in [4.69, 9.17) is 0 Å². The summed E-state index contributed by atoms with van der Waals surface area (Å²) in [6.07, 6.45) is 3.93. The van der Waals surface area contributed by atoms with Crippen molar-refractivity contribution in [2.75, 3.05) is 19.3 Å². The molecule has 0 saturated carbocycles. The summed E-state index contributed by atoms with van der Waals surface area (Å²) in [7, 11) is -1.49. The summed E-state index contributed by atoms with van der Waals surface area (Å²) in [6.45, 7) is 1.02. The zero-order chi connectivity index (χ0) is 13.9. The number of hydrogen-bond donors (Lipinski definition) is 0. The van der Waals surface area contributed by atoms with E-state index in [1.165, 1.54) is 24.6 Å². The van der Waals surface area contributed by atoms with Crippen LogP contribution < -0.4 is 0 Å². The van der Waals surface area contributed by atoms with Crippen molar-refractivity contribution in [3.8, 4) is 0 Å². The summed E-state index contributed by atoms with van der Waals surface area (Å²) in [5, 5.41) is 0. The maximum atomic E-state index is 13.5. The first kappa shape index (κ1) is 14.5. The minimum Gasteiger partial charge on any atom is -0.303 e. The van der Waals surface area contributed by atoms with Crippen LogP contribution in [0, 0.1) is 5.82 Å². The van der Waals surface area contributed by atoms with Crippen molar-refractivity contribution in [1.82, 2.24) is 4.90 Å². The number of benzene rings is 1. The van der Waals surface area contributed by atoms with Crippen molar-refractivity contribution < 1.29 is 12.8 Å². The van der Waals surface area contributed by atoms with Gasteiger partial charge < -0.3 is 4.90 Å². The third kappa shape index (κ3) is 3.54. The SMILES string of the molecule is CN1CCCCC1CCS(=O)(=O)c1ccccc1F. The molecule has 1 aliphatic rings. The Morgan fingerprint density at radius 3 is 2.74 bits per heavy atom. The van der Waals surface area contributed by atoms with Gasteiger partial charge in [0.2, 0.25) is 0 Å². The van der Waals surface area contributed by atoms with Crippen LogP contribution in [0.1, 0.15) is 25.7 Å². The van der Waals surface area contributed by atoms with Gasteiger partial charge in [0.05, 0.1) is 5.75 Å². The second-order valence-corrected chi connectivity index (χ2v) is 7.25. The lowest BCUT2D eigenvalue weighted by Crippen LogP contribution is -2.37. The molecule has 2 rings (SSSR count). The smallest absolute Gasteiger partial charge is 0.181 e. The molecule has 0 spiro atoms. The molecular weight excluding hydrogens is 265 g/mol. The van der Waals surface area contributed by atoms with Crippen molar-refractivity contribution in [3.63, 3.8) is 0 Å². The van der Waals surface area contributed by atoms with Gasteiger partial charge in [-0.15, -0.1) is 0 Å². The second kappa shape index (κ2) is 6.01. The third-order valence-electron chi connectivity index (χ3n) is 3.81. The highest BCUT2D eigenvalue weighted by atomic mass is 32.2. The van der Waals surface area contributed by atoms with E-state index < -0.39 is 15.7 Å². The van der Waals surface area contributed by atoms with E-state index in [0.29, 0.717) is 12.5 Å². The molecule has 1 fully saturated rings. The molecule has 1 atom stereocenters. The van der Waals surface area contributed by atoms with Gasteiger partial charge in [0.1, 0.15) is 10.7 Å². The Bertz CT molecular complexity index is 530. The van der Waals surface area contributed by atoms with E-state index in [9.17, 15) is 12.8 Å². The Morgan fingerprint density at radius 1 is 1.32 bits per heavy atom. The van der Waals surface area contributed by atoms with Crippen LogP contribution in [-0.2, 0) is 9.84 Å². The van der Waals surface area contributed by atoms with Gasteiger partial charge in [-0.3, -0.25) is 0 Å². The second-order valence-electron chi connectivity index (χ2n) is 5.17. The van der Waals surface area contributed by atoms with E-state index in [2.05, 4.69) is 4.90 Å². The lowest BCUT2D eigenvalue weighted by molar-refractivity contribution is 0.181. The van der Waals surface area contributed by atoms with Crippen molar-refractivity contribution in [1.29, 1.82) is 0 Å². The average molecular weight is 285 g/mol. The maximum Gasteiger partial charge on any atom is 0.181 e. The lowest BCUT2D eigenvalue weighted by atomic mass is 10.0. The molecule has 1 unspecified atom stereocenters. The van der Waals surface area contributed by atoms with Gasteiger partial charge in [-0.1, -0.05) is 18.6 Å². The van der Waals surface area contributed by atoms with Crippen LogP contribution in [0.5, 0.6) is 0 Å². The Balaban J connectivity index is 2.04. The number of sulfone groups is 1. The van der Waals surface area contributed by atoms with Gasteiger partial charge in [0.25, 0.3) is 0 Å². The zero-order valence-electron chi connectivity index (χ0n) is 11.2. The van der Waals surface area contributed by atoms with E-state index in [1.807, 2.05) is 7.05 Å². The molecule has 1 saturated heterocycles. The highest BCUT2D eigenvalue weighted by Crippen LogP contribution is 2.21. The van der Waals surface area contributed by atoms with E-state index >= 15 is 0 Å². The minimum absolute atomic E-state index is 0.0168. The van der Waals surface area contributed by atoms with Crippen molar-refractivity contribution >= 4 is 9.84 Å². The van der Waals surface area contributed by atoms with Crippen molar-refractivity contribution in [3.05, 3.63) is 30.1 Å². The van der Waals surface area contributed by atoms with E-state index in [-0.39, 0.29) is 10.6 Å². The highest BCUT2D eigenvalue weighted by molar-refractivity contribution is 7.91. The monoisotopic (exact) mass is 285 g/mol. The van der Waals surface area contributed by atoms with Crippen LogP contribution in [0.15, 0.2) is 29.2 Å². The predicted molar refractivity (Wildman–Crippen MR) is 73.3 cm³/mol. The quantitative estimate of drug-likeness (QED) is 0.853. The third-order valence-corrected chi connectivity index (χ3v) is 5.59. The van der Waals surface area contributed by atoms with Crippen molar-refractivity contribution in [2.45, 2.75) is 36.6 Å². The molecule has 1 heterocycles.